The van der Waals surface area contributed by atoms with E-state index in [0.717, 1.165) is 11.3 Å². The Labute approximate surface area is 169 Å². The van der Waals surface area contributed by atoms with Crippen molar-refractivity contribution in [2.45, 2.75) is 36.8 Å². The van der Waals surface area contributed by atoms with E-state index in [1.54, 1.807) is 41.3 Å². The Kier molecular flexibility index (Phi) is 5.76. The van der Waals surface area contributed by atoms with Gasteiger partial charge in [-0.1, -0.05) is 11.6 Å². The minimum Gasteiger partial charge on any atom is -0.326 e. The van der Waals surface area contributed by atoms with E-state index < -0.39 is 15.1 Å². The SMILES string of the molecule is CC(=O)N1CCc2cc(S(=O)(=O)[C@@H](C)CC(=O)Nc3ccc(Cl)cc3)ccc21. The topological polar surface area (TPSA) is 83.6 Å². The van der Waals surface area contributed by atoms with Crippen LogP contribution in [-0.2, 0) is 25.8 Å². The Morgan fingerprint density at radius 3 is 2.50 bits per heavy atom. The molecule has 1 N–H and O–H groups in total. The first-order chi connectivity index (χ1) is 13.2. The van der Waals surface area contributed by atoms with Crippen LogP contribution in [0.3, 0.4) is 0 Å². The number of nitrogens with zero attached hydrogens (tertiary/aromatic N) is 1. The molecule has 0 saturated heterocycles. The maximum Gasteiger partial charge on any atom is 0.225 e. The van der Waals surface area contributed by atoms with Crippen molar-refractivity contribution in [2.24, 2.45) is 0 Å². The van der Waals surface area contributed by atoms with Crippen molar-refractivity contribution in [3.63, 3.8) is 0 Å². The van der Waals surface area contributed by atoms with Gasteiger partial charge in [0.25, 0.3) is 0 Å². The molecule has 2 aromatic rings. The highest BCUT2D eigenvalue weighted by Gasteiger charge is 2.29. The first kappa shape index (κ1) is 20.4. The molecule has 2 amide bonds. The lowest BCUT2D eigenvalue weighted by Gasteiger charge is -2.16. The van der Waals surface area contributed by atoms with Gasteiger partial charge in [0.2, 0.25) is 11.8 Å². The standard InChI is InChI=1S/C20H21ClN2O4S/c1-13(11-20(25)22-17-5-3-16(21)4-6-17)28(26,27)18-7-8-19-15(12-18)9-10-23(19)14(2)24/h3-8,12-13H,9-11H2,1-2H3,(H,22,25)/t13-/m0/s1. The summed E-state index contributed by atoms with van der Waals surface area (Å²) >= 11 is 5.81. The molecule has 0 spiro atoms. The van der Waals surface area contributed by atoms with Gasteiger partial charge in [0.1, 0.15) is 0 Å². The van der Waals surface area contributed by atoms with E-state index in [9.17, 15) is 18.0 Å². The number of carbonyl (C=O) groups is 2. The van der Waals surface area contributed by atoms with Gasteiger partial charge in [0.15, 0.2) is 9.84 Å². The fraction of sp³-hybridized carbons (Fsp3) is 0.300. The summed E-state index contributed by atoms with van der Waals surface area (Å²) in [6.45, 7) is 3.56. The Balaban J connectivity index is 1.72. The van der Waals surface area contributed by atoms with Crippen LogP contribution in [0.15, 0.2) is 47.4 Å². The van der Waals surface area contributed by atoms with Crippen LogP contribution in [-0.4, -0.2) is 32.0 Å². The number of rotatable bonds is 5. The maximum absolute atomic E-state index is 12.9. The molecule has 148 valence electrons. The Morgan fingerprint density at radius 2 is 1.86 bits per heavy atom. The van der Waals surface area contributed by atoms with Gasteiger partial charge in [-0.15, -0.1) is 0 Å². The number of fused-ring (bicyclic) bond motifs is 1. The Bertz CT molecular complexity index is 1020. The zero-order valence-electron chi connectivity index (χ0n) is 15.6. The molecule has 28 heavy (non-hydrogen) atoms. The second kappa shape index (κ2) is 7.93. The van der Waals surface area contributed by atoms with E-state index in [1.807, 2.05) is 0 Å². The van der Waals surface area contributed by atoms with E-state index >= 15 is 0 Å². The lowest BCUT2D eigenvalue weighted by Crippen LogP contribution is -2.26. The zero-order chi connectivity index (χ0) is 20.5. The van der Waals surface area contributed by atoms with E-state index in [0.29, 0.717) is 23.7 Å². The predicted molar refractivity (Wildman–Crippen MR) is 110 cm³/mol. The van der Waals surface area contributed by atoms with Gasteiger partial charge in [-0.05, 0) is 61.4 Å². The van der Waals surface area contributed by atoms with Crippen molar-refractivity contribution in [3.05, 3.63) is 53.1 Å². The average molecular weight is 421 g/mol. The molecule has 2 aromatic carbocycles. The summed E-state index contributed by atoms with van der Waals surface area (Å²) in [5.74, 6) is -0.455. The third kappa shape index (κ3) is 4.20. The average Bonchev–Trinajstić information content (AvgIpc) is 3.07. The van der Waals surface area contributed by atoms with Gasteiger partial charge < -0.3 is 10.2 Å². The van der Waals surface area contributed by atoms with E-state index in [-0.39, 0.29) is 23.1 Å². The molecule has 1 aliphatic heterocycles. The maximum atomic E-state index is 12.9. The molecular weight excluding hydrogens is 400 g/mol. The number of benzene rings is 2. The van der Waals surface area contributed by atoms with Crippen LogP contribution in [0.25, 0.3) is 0 Å². The zero-order valence-corrected chi connectivity index (χ0v) is 17.2. The summed E-state index contributed by atoms with van der Waals surface area (Å²) < 4.78 is 25.8. The van der Waals surface area contributed by atoms with Crippen molar-refractivity contribution in [3.8, 4) is 0 Å². The van der Waals surface area contributed by atoms with Crippen LogP contribution in [0, 0.1) is 0 Å². The smallest absolute Gasteiger partial charge is 0.225 e. The third-order valence-corrected chi connectivity index (χ3v) is 7.17. The van der Waals surface area contributed by atoms with Crippen molar-refractivity contribution >= 4 is 44.6 Å². The molecular formula is C20H21ClN2O4S. The molecule has 3 rings (SSSR count). The second-order valence-electron chi connectivity index (χ2n) is 6.83. The van der Waals surface area contributed by atoms with Gasteiger partial charge in [-0.2, -0.15) is 0 Å². The van der Waals surface area contributed by atoms with Crippen LogP contribution in [0.1, 0.15) is 25.8 Å². The Hall–Kier alpha value is -2.38. The largest absolute Gasteiger partial charge is 0.326 e. The number of halogens is 1. The monoisotopic (exact) mass is 420 g/mol. The summed E-state index contributed by atoms with van der Waals surface area (Å²) in [6, 6.07) is 11.4. The molecule has 1 atom stereocenters. The van der Waals surface area contributed by atoms with Gasteiger partial charge in [-0.25, -0.2) is 8.42 Å². The van der Waals surface area contributed by atoms with E-state index in [4.69, 9.17) is 11.6 Å². The highest BCUT2D eigenvalue weighted by Crippen LogP contribution is 2.31. The van der Waals surface area contributed by atoms with Crippen molar-refractivity contribution in [1.29, 1.82) is 0 Å². The lowest BCUT2D eigenvalue weighted by molar-refractivity contribution is -0.117. The number of sulfone groups is 1. The van der Waals surface area contributed by atoms with E-state index in [2.05, 4.69) is 5.32 Å². The fourth-order valence-electron chi connectivity index (χ4n) is 3.23. The first-order valence-electron chi connectivity index (χ1n) is 8.89. The highest BCUT2D eigenvalue weighted by atomic mass is 35.5. The minimum absolute atomic E-state index is 0.0680. The lowest BCUT2D eigenvalue weighted by atomic mass is 10.2. The summed E-state index contributed by atoms with van der Waals surface area (Å²) in [7, 11) is -3.68. The number of carbonyl (C=O) groups excluding carboxylic acids is 2. The number of nitrogens with one attached hydrogen (secondary N) is 1. The van der Waals surface area contributed by atoms with Gasteiger partial charge >= 0.3 is 0 Å². The van der Waals surface area contributed by atoms with Crippen LogP contribution in [0.5, 0.6) is 0 Å². The minimum atomic E-state index is -3.68. The molecule has 0 aliphatic carbocycles. The molecule has 0 radical (unpaired) electrons. The molecule has 0 bridgehead atoms. The summed E-state index contributed by atoms with van der Waals surface area (Å²) in [6.07, 6.45) is 0.450. The van der Waals surface area contributed by atoms with Crippen LogP contribution >= 0.6 is 11.6 Å². The molecule has 0 fully saturated rings. The second-order valence-corrected chi connectivity index (χ2v) is 9.63. The van der Waals surface area contributed by atoms with Gasteiger partial charge in [0, 0.05) is 36.3 Å². The predicted octanol–water partition coefficient (Wildman–Crippen LogP) is 3.44. The van der Waals surface area contributed by atoms with Crippen molar-refractivity contribution in [2.75, 3.05) is 16.8 Å². The summed E-state index contributed by atoms with van der Waals surface area (Å²) in [5, 5.41) is 2.34. The molecule has 8 heteroatoms. The van der Waals surface area contributed by atoms with Crippen LogP contribution < -0.4 is 10.2 Å². The summed E-state index contributed by atoms with van der Waals surface area (Å²) in [4.78, 5) is 25.7. The van der Waals surface area contributed by atoms with E-state index in [1.165, 1.54) is 19.9 Å². The molecule has 0 aromatic heterocycles. The van der Waals surface area contributed by atoms with Crippen LogP contribution in [0.2, 0.25) is 5.02 Å². The summed E-state index contributed by atoms with van der Waals surface area (Å²) in [5.41, 5.74) is 2.13. The number of amides is 2. The van der Waals surface area contributed by atoms with Gasteiger partial charge in [0.05, 0.1) is 10.1 Å². The normalized spacial score (nSPS) is 14.5. The number of hydrogen-bond donors (Lipinski definition) is 1. The molecule has 1 aliphatic rings. The first-order valence-corrected chi connectivity index (χ1v) is 10.8. The van der Waals surface area contributed by atoms with Gasteiger partial charge in [-0.3, -0.25) is 9.59 Å². The molecule has 0 unspecified atom stereocenters. The third-order valence-electron chi connectivity index (χ3n) is 4.79. The fourth-order valence-corrected chi connectivity index (χ4v) is 4.76. The molecule has 0 saturated carbocycles. The quantitative estimate of drug-likeness (QED) is 0.803. The Morgan fingerprint density at radius 1 is 1.18 bits per heavy atom. The number of anilines is 2. The van der Waals surface area contributed by atoms with Crippen LogP contribution in [0.4, 0.5) is 11.4 Å². The number of hydrogen-bond acceptors (Lipinski definition) is 4. The molecule has 1 heterocycles. The highest BCUT2D eigenvalue weighted by molar-refractivity contribution is 7.92. The van der Waals surface area contributed by atoms with Crippen molar-refractivity contribution < 1.29 is 18.0 Å². The van der Waals surface area contributed by atoms with Crippen molar-refractivity contribution in [1.82, 2.24) is 0 Å². The molecule has 6 nitrogen and oxygen atoms in total.